The van der Waals surface area contributed by atoms with E-state index in [2.05, 4.69) is 5.32 Å². The maximum absolute atomic E-state index is 13.4. The normalized spacial score (nSPS) is 14.1. The highest BCUT2D eigenvalue weighted by Gasteiger charge is 2.30. The molecule has 6 nitrogen and oxygen atoms in total. The summed E-state index contributed by atoms with van der Waals surface area (Å²) < 4.78 is 0. The average Bonchev–Trinajstić information content (AvgIpc) is 3.15. The van der Waals surface area contributed by atoms with Crippen molar-refractivity contribution in [3.8, 4) is 0 Å². The molecule has 3 amide bonds. The molecule has 0 fully saturated rings. The van der Waals surface area contributed by atoms with Crippen molar-refractivity contribution in [2.45, 2.75) is 65.6 Å². The van der Waals surface area contributed by atoms with Gasteiger partial charge in [0.25, 0.3) is 5.91 Å². The molecular formula is C30H35N3O3. The molecular weight excluding hydrogens is 450 g/mol. The summed E-state index contributed by atoms with van der Waals surface area (Å²) in [6.45, 7) is 8.59. The lowest BCUT2D eigenvalue weighted by molar-refractivity contribution is -0.140. The summed E-state index contributed by atoms with van der Waals surface area (Å²) in [5, 5.41) is 5.02. The van der Waals surface area contributed by atoms with Gasteiger partial charge >= 0.3 is 0 Å². The van der Waals surface area contributed by atoms with Crippen LogP contribution in [0.1, 0.15) is 61.5 Å². The summed E-state index contributed by atoms with van der Waals surface area (Å²) >= 11 is 0. The monoisotopic (exact) mass is 485 g/mol. The Hall–Kier alpha value is -3.67. The van der Waals surface area contributed by atoms with Gasteiger partial charge in [-0.3, -0.25) is 14.4 Å². The number of hydrogen-bond acceptors (Lipinski definition) is 3. The molecule has 0 unspecified atom stereocenters. The second-order valence-corrected chi connectivity index (χ2v) is 9.74. The number of aryl methyl sites for hydroxylation is 1. The van der Waals surface area contributed by atoms with Crippen LogP contribution in [0.3, 0.4) is 0 Å². The van der Waals surface area contributed by atoms with Gasteiger partial charge in [-0.15, -0.1) is 0 Å². The number of benzene rings is 3. The minimum atomic E-state index is -0.598. The van der Waals surface area contributed by atoms with Crippen LogP contribution in [-0.2, 0) is 16.1 Å². The molecule has 0 aliphatic carbocycles. The lowest BCUT2D eigenvalue weighted by atomic mass is 10.1. The summed E-state index contributed by atoms with van der Waals surface area (Å²) in [6, 6.07) is 19.2. The number of nitrogens with one attached hydrogen (secondary N) is 1. The van der Waals surface area contributed by atoms with E-state index in [1.165, 1.54) is 0 Å². The minimum Gasteiger partial charge on any atom is -0.352 e. The number of hydrogen-bond donors (Lipinski definition) is 1. The summed E-state index contributed by atoms with van der Waals surface area (Å²) in [5.74, 6) is -0.265. The fourth-order valence-electron chi connectivity index (χ4n) is 4.67. The first-order valence-corrected chi connectivity index (χ1v) is 12.8. The molecule has 0 saturated heterocycles. The molecule has 0 spiro atoms. The van der Waals surface area contributed by atoms with Crippen molar-refractivity contribution in [1.29, 1.82) is 0 Å². The molecule has 1 N–H and O–H groups in total. The second kappa shape index (κ2) is 10.9. The number of amides is 3. The van der Waals surface area contributed by atoms with Crippen molar-refractivity contribution >= 4 is 34.2 Å². The molecule has 1 heterocycles. The Morgan fingerprint density at radius 1 is 1.00 bits per heavy atom. The predicted molar refractivity (Wildman–Crippen MR) is 144 cm³/mol. The van der Waals surface area contributed by atoms with E-state index >= 15 is 0 Å². The van der Waals surface area contributed by atoms with Gasteiger partial charge in [0.05, 0.1) is 5.69 Å². The Labute approximate surface area is 213 Å². The third-order valence-corrected chi connectivity index (χ3v) is 7.06. The highest BCUT2D eigenvalue weighted by Crippen LogP contribution is 2.37. The van der Waals surface area contributed by atoms with Gasteiger partial charge in [0.2, 0.25) is 11.8 Å². The van der Waals surface area contributed by atoms with Crippen LogP contribution in [0.2, 0.25) is 0 Å². The highest BCUT2D eigenvalue weighted by atomic mass is 16.2. The number of carbonyl (C=O) groups is 3. The standard InChI is InChI=1S/C30H35N3O3/c1-5-21(3)31-29(35)22(4)33(19-23-16-14-20(2)15-17-23)27(34)13-8-18-32-26-12-7-10-24-9-6-11-25(28(24)26)30(32)36/h6-7,9-12,14-17,21-22H,5,8,13,18-19H2,1-4H3,(H,31,35)/t21-,22+/m1/s1. The third-order valence-electron chi connectivity index (χ3n) is 7.06. The highest BCUT2D eigenvalue weighted by molar-refractivity contribution is 6.25. The van der Waals surface area contributed by atoms with Gasteiger partial charge in [0.15, 0.2) is 0 Å². The van der Waals surface area contributed by atoms with E-state index in [9.17, 15) is 14.4 Å². The number of carbonyl (C=O) groups excluding carboxylic acids is 3. The molecule has 36 heavy (non-hydrogen) atoms. The van der Waals surface area contributed by atoms with Crippen LogP contribution in [0.4, 0.5) is 5.69 Å². The SMILES string of the molecule is CC[C@@H](C)NC(=O)[C@H](C)N(Cc1ccc(C)cc1)C(=O)CCCN1C(=O)c2cccc3cccc1c23. The number of anilines is 1. The largest absolute Gasteiger partial charge is 0.352 e. The number of rotatable bonds is 10. The van der Waals surface area contributed by atoms with Gasteiger partial charge in [-0.25, -0.2) is 0 Å². The van der Waals surface area contributed by atoms with Gasteiger partial charge < -0.3 is 15.1 Å². The fraction of sp³-hybridized carbons (Fsp3) is 0.367. The quantitative estimate of drug-likeness (QED) is 0.428. The van der Waals surface area contributed by atoms with Crippen molar-refractivity contribution in [2.75, 3.05) is 11.4 Å². The van der Waals surface area contributed by atoms with Crippen LogP contribution in [0.5, 0.6) is 0 Å². The Kier molecular flexibility index (Phi) is 7.73. The second-order valence-electron chi connectivity index (χ2n) is 9.74. The van der Waals surface area contributed by atoms with Gasteiger partial charge in [-0.1, -0.05) is 61.0 Å². The zero-order valence-electron chi connectivity index (χ0n) is 21.6. The fourth-order valence-corrected chi connectivity index (χ4v) is 4.67. The predicted octanol–water partition coefficient (Wildman–Crippen LogP) is 5.22. The van der Waals surface area contributed by atoms with Crippen molar-refractivity contribution in [3.05, 3.63) is 77.4 Å². The molecule has 2 atom stereocenters. The van der Waals surface area contributed by atoms with Gasteiger partial charge in [-0.2, -0.15) is 0 Å². The first-order chi connectivity index (χ1) is 17.3. The van der Waals surface area contributed by atoms with Crippen LogP contribution in [0.15, 0.2) is 60.7 Å². The van der Waals surface area contributed by atoms with Crippen molar-refractivity contribution in [3.63, 3.8) is 0 Å². The maximum Gasteiger partial charge on any atom is 0.258 e. The van der Waals surface area contributed by atoms with E-state index in [4.69, 9.17) is 0 Å². The van der Waals surface area contributed by atoms with E-state index in [0.717, 1.165) is 34.0 Å². The van der Waals surface area contributed by atoms with E-state index in [1.807, 2.05) is 81.4 Å². The van der Waals surface area contributed by atoms with Crippen LogP contribution in [0.25, 0.3) is 10.8 Å². The summed E-state index contributed by atoms with van der Waals surface area (Å²) in [5.41, 5.74) is 3.74. The van der Waals surface area contributed by atoms with E-state index in [-0.39, 0.29) is 30.2 Å². The number of nitrogens with zero attached hydrogens (tertiary/aromatic N) is 2. The summed E-state index contributed by atoms with van der Waals surface area (Å²) in [4.78, 5) is 42.8. The Morgan fingerprint density at radius 2 is 1.69 bits per heavy atom. The Bertz CT molecular complexity index is 1260. The molecule has 0 aromatic heterocycles. The van der Waals surface area contributed by atoms with Gasteiger partial charge in [0, 0.05) is 36.5 Å². The molecule has 0 bridgehead atoms. The summed E-state index contributed by atoms with van der Waals surface area (Å²) in [7, 11) is 0. The maximum atomic E-state index is 13.4. The summed E-state index contributed by atoms with van der Waals surface area (Å²) in [6.07, 6.45) is 1.59. The van der Waals surface area contributed by atoms with Gasteiger partial charge in [-0.05, 0) is 56.7 Å². The van der Waals surface area contributed by atoms with E-state index in [0.29, 0.717) is 25.1 Å². The molecule has 0 radical (unpaired) electrons. The molecule has 1 aliphatic rings. The molecule has 4 rings (SSSR count). The molecule has 1 aliphatic heterocycles. The molecule has 6 heteroatoms. The topological polar surface area (TPSA) is 69.7 Å². The smallest absolute Gasteiger partial charge is 0.258 e. The van der Waals surface area contributed by atoms with Crippen LogP contribution < -0.4 is 10.2 Å². The molecule has 3 aromatic rings. The first kappa shape index (κ1) is 25.4. The van der Waals surface area contributed by atoms with E-state index in [1.54, 1.807) is 16.7 Å². The Balaban J connectivity index is 1.46. The molecule has 3 aromatic carbocycles. The van der Waals surface area contributed by atoms with Gasteiger partial charge in [0.1, 0.15) is 6.04 Å². The molecule has 0 saturated carbocycles. The van der Waals surface area contributed by atoms with Crippen molar-refractivity contribution < 1.29 is 14.4 Å². The average molecular weight is 486 g/mol. The minimum absolute atomic E-state index is 0.0212. The van der Waals surface area contributed by atoms with Crippen molar-refractivity contribution in [1.82, 2.24) is 10.2 Å². The lowest BCUT2D eigenvalue weighted by Crippen LogP contribution is -2.49. The van der Waals surface area contributed by atoms with E-state index < -0.39 is 6.04 Å². The first-order valence-electron chi connectivity index (χ1n) is 12.8. The van der Waals surface area contributed by atoms with Crippen LogP contribution >= 0.6 is 0 Å². The third kappa shape index (κ3) is 5.27. The van der Waals surface area contributed by atoms with Crippen LogP contribution in [0, 0.1) is 6.92 Å². The van der Waals surface area contributed by atoms with Crippen LogP contribution in [-0.4, -0.2) is 41.2 Å². The van der Waals surface area contributed by atoms with Crippen molar-refractivity contribution in [2.24, 2.45) is 0 Å². The Morgan fingerprint density at radius 3 is 2.39 bits per heavy atom. The zero-order chi connectivity index (χ0) is 25.8. The lowest BCUT2D eigenvalue weighted by Gasteiger charge is -2.30. The molecule has 188 valence electrons. The zero-order valence-corrected chi connectivity index (χ0v) is 21.6.